The smallest absolute Gasteiger partial charge is 0.268 e. The molecule has 1 amide bonds. The number of carbonyl (C=O) groups is 2. The summed E-state index contributed by atoms with van der Waals surface area (Å²) in [7, 11) is 1.54. The van der Waals surface area contributed by atoms with E-state index < -0.39 is 11.7 Å². The van der Waals surface area contributed by atoms with Crippen LogP contribution in [-0.4, -0.2) is 35.4 Å². The van der Waals surface area contributed by atoms with Gasteiger partial charge in [-0.15, -0.1) is 0 Å². The predicted molar refractivity (Wildman–Crippen MR) is 92.3 cm³/mol. The molecule has 1 heterocycles. The number of hydrogen-bond donors (Lipinski definition) is 2. The van der Waals surface area contributed by atoms with Gasteiger partial charge in [0.05, 0.1) is 6.54 Å². The molecule has 0 radical (unpaired) electrons. The number of hydrogen-bond acceptors (Lipinski definition) is 3. The second kappa shape index (κ2) is 7.70. The Bertz CT molecular complexity index is 901. The Morgan fingerprint density at radius 2 is 2.04 bits per heavy atom. The number of aliphatic imine (C=N–C) groups is 1. The highest BCUT2D eigenvalue weighted by Crippen LogP contribution is 2.03. The van der Waals surface area contributed by atoms with E-state index in [2.05, 4.69) is 21.9 Å². The third kappa shape index (κ3) is 4.39. The zero-order valence-corrected chi connectivity index (χ0v) is 13.7. The number of halogens is 2. The van der Waals surface area contributed by atoms with Gasteiger partial charge in [-0.2, -0.15) is 0 Å². The molecule has 0 spiro atoms. The molecule has 0 unspecified atom stereocenters. The van der Waals surface area contributed by atoms with Gasteiger partial charge in [0.1, 0.15) is 16.7 Å². The molecule has 1 aromatic carbocycles. The quantitative estimate of drug-likeness (QED) is 0.630. The minimum Gasteiger partial charge on any atom is -0.351 e. The van der Waals surface area contributed by atoms with Crippen molar-refractivity contribution >= 4 is 41.1 Å². The maximum atomic E-state index is 12.8. The molecular formula is C17H15ClFN3O2. The Kier molecular flexibility index (Phi) is 5.65. The summed E-state index contributed by atoms with van der Waals surface area (Å²) in [5.41, 5.74) is 0.569. The van der Waals surface area contributed by atoms with Gasteiger partial charge in [0.15, 0.2) is 5.78 Å². The standard InChI is InChI=1S/C17H15ClFN3O2/c1-10-12(8-16(18)20-2)7-14(22-10)17(24)21-9-15(23)11-3-5-13(19)6-4-11/h3-8,22H,1,9H2,2H3,(H,21,24)/b12-8-,20-16?. The largest absolute Gasteiger partial charge is 0.351 e. The zero-order chi connectivity index (χ0) is 17.7. The fourth-order valence-electron chi connectivity index (χ4n) is 1.95. The van der Waals surface area contributed by atoms with Crippen molar-refractivity contribution in [2.24, 2.45) is 4.99 Å². The van der Waals surface area contributed by atoms with Crippen molar-refractivity contribution in [3.63, 3.8) is 0 Å². The molecule has 0 aliphatic rings. The summed E-state index contributed by atoms with van der Waals surface area (Å²) in [6.45, 7) is 3.58. The van der Waals surface area contributed by atoms with Crippen LogP contribution in [0.15, 0.2) is 35.3 Å². The van der Waals surface area contributed by atoms with Gasteiger partial charge in [0.2, 0.25) is 0 Å². The molecular weight excluding hydrogens is 333 g/mol. The summed E-state index contributed by atoms with van der Waals surface area (Å²) in [5.74, 6) is -1.21. The lowest BCUT2D eigenvalue weighted by atomic mass is 10.1. The van der Waals surface area contributed by atoms with Crippen LogP contribution in [0.3, 0.4) is 0 Å². The number of Topliss-reactive ketones (excluding diaryl/α,β-unsaturated/α-hetero) is 1. The van der Waals surface area contributed by atoms with Crippen molar-refractivity contribution in [2.75, 3.05) is 13.6 Å². The molecule has 2 aromatic rings. The lowest BCUT2D eigenvalue weighted by Crippen LogP contribution is -2.30. The number of ketones is 1. The first-order chi connectivity index (χ1) is 11.4. The Morgan fingerprint density at radius 3 is 2.67 bits per heavy atom. The van der Waals surface area contributed by atoms with E-state index in [1.165, 1.54) is 24.3 Å². The van der Waals surface area contributed by atoms with E-state index in [0.29, 0.717) is 16.1 Å². The molecule has 0 atom stereocenters. The summed E-state index contributed by atoms with van der Waals surface area (Å²) >= 11 is 5.82. The van der Waals surface area contributed by atoms with Gasteiger partial charge >= 0.3 is 0 Å². The summed E-state index contributed by atoms with van der Waals surface area (Å²) < 4.78 is 12.8. The van der Waals surface area contributed by atoms with Crippen molar-refractivity contribution in [2.45, 2.75) is 0 Å². The summed E-state index contributed by atoms with van der Waals surface area (Å²) in [5, 5.41) is 3.91. The van der Waals surface area contributed by atoms with Crippen LogP contribution in [0.4, 0.5) is 4.39 Å². The number of carbonyl (C=O) groups excluding carboxylic acids is 2. The van der Waals surface area contributed by atoms with Gasteiger partial charge in [-0.05, 0) is 36.4 Å². The van der Waals surface area contributed by atoms with Crippen LogP contribution < -0.4 is 15.9 Å². The number of nitrogens with one attached hydrogen (secondary N) is 2. The SMILES string of the molecule is C=c1[nH]c(C(=O)NCC(=O)c2ccc(F)cc2)c/c1=C/C(Cl)=NC. The molecule has 1 aromatic heterocycles. The molecule has 7 heteroatoms. The lowest BCUT2D eigenvalue weighted by molar-refractivity contribution is 0.0901. The summed E-state index contributed by atoms with van der Waals surface area (Å²) in [6.07, 6.45) is 1.57. The molecule has 0 saturated heterocycles. The Labute approximate surface area is 142 Å². The van der Waals surface area contributed by atoms with E-state index in [4.69, 9.17) is 11.6 Å². The molecule has 24 heavy (non-hydrogen) atoms. The molecule has 5 nitrogen and oxygen atoms in total. The molecule has 2 rings (SSSR count). The van der Waals surface area contributed by atoms with E-state index in [9.17, 15) is 14.0 Å². The fraction of sp³-hybridized carbons (Fsp3) is 0.118. The van der Waals surface area contributed by atoms with Gasteiger partial charge in [-0.3, -0.25) is 14.6 Å². The fourth-order valence-corrected chi connectivity index (χ4v) is 2.07. The average molecular weight is 348 g/mol. The number of rotatable bonds is 5. The van der Waals surface area contributed by atoms with Crippen molar-refractivity contribution in [1.82, 2.24) is 10.3 Å². The summed E-state index contributed by atoms with van der Waals surface area (Å²) in [4.78, 5) is 30.7. The average Bonchev–Trinajstić information content (AvgIpc) is 2.93. The van der Waals surface area contributed by atoms with Crippen LogP contribution >= 0.6 is 11.6 Å². The first kappa shape index (κ1) is 17.6. The molecule has 0 aliphatic heterocycles. The lowest BCUT2D eigenvalue weighted by Gasteiger charge is -2.03. The maximum Gasteiger partial charge on any atom is 0.268 e. The molecule has 0 bridgehead atoms. The predicted octanol–water partition coefficient (Wildman–Crippen LogP) is 1.22. The van der Waals surface area contributed by atoms with Crippen LogP contribution in [0.2, 0.25) is 0 Å². The second-order valence-corrected chi connectivity index (χ2v) is 5.31. The molecule has 0 aliphatic carbocycles. The second-order valence-electron chi connectivity index (χ2n) is 4.92. The van der Waals surface area contributed by atoms with Crippen LogP contribution in [0, 0.1) is 5.82 Å². The molecule has 2 N–H and O–H groups in total. The van der Waals surface area contributed by atoms with Crippen molar-refractivity contribution in [3.8, 4) is 0 Å². The Hall–Kier alpha value is -2.73. The van der Waals surface area contributed by atoms with E-state index in [0.717, 1.165) is 0 Å². The van der Waals surface area contributed by atoms with Crippen LogP contribution in [0.25, 0.3) is 12.7 Å². The highest BCUT2D eigenvalue weighted by atomic mass is 35.5. The van der Waals surface area contributed by atoms with Crippen molar-refractivity contribution in [1.29, 1.82) is 0 Å². The minimum atomic E-state index is -0.459. The van der Waals surface area contributed by atoms with Gasteiger partial charge in [0, 0.05) is 23.2 Å². The van der Waals surface area contributed by atoms with Crippen LogP contribution in [0.5, 0.6) is 0 Å². The monoisotopic (exact) mass is 347 g/mol. The number of benzene rings is 1. The van der Waals surface area contributed by atoms with Gasteiger partial charge in [-0.25, -0.2) is 4.39 Å². The van der Waals surface area contributed by atoms with Gasteiger partial charge < -0.3 is 10.3 Å². The number of aromatic nitrogens is 1. The number of H-pyrrole nitrogens is 1. The molecule has 0 saturated carbocycles. The van der Waals surface area contributed by atoms with Crippen molar-refractivity contribution in [3.05, 3.63) is 58.0 Å². The number of aromatic amines is 1. The van der Waals surface area contributed by atoms with E-state index >= 15 is 0 Å². The third-order valence-electron chi connectivity index (χ3n) is 3.24. The topological polar surface area (TPSA) is 74.3 Å². The minimum absolute atomic E-state index is 0.202. The third-order valence-corrected chi connectivity index (χ3v) is 3.52. The zero-order valence-electron chi connectivity index (χ0n) is 12.9. The van der Waals surface area contributed by atoms with Crippen LogP contribution in [0.1, 0.15) is 20.8 Å². The van der Waals surface area contributed by atoms with Gasteiger partial charge in [0.25, 0.3) is 5.91 Å². The van der Waals surface area contributed by atoms with Gasteiger partial charge in [-0.1, -0.05) is 18.2 Å². The first-order valence-corrected chi connectivity index (χ1v) is 7.37. The van der Waals surface area contributed by atoms with Crippen LogP contribution in [-0.2, 0) is 0 Å². The van der Waals surface area contributed by atoms with Crippen molar-refractivity contribution < 1.29 is 14.0 Å². The Balaban J connectivity index is 2.07. The molecule has 124 valence electrons. The molecule has 0 fully saturated rings. The summed E-state index contributed by atoms with van der Waals surface area (Å²) in [6, 6.07) is 6.68. The maximum absolute atomic E-state index is 12.8. The normalized spacial score (nSPS) is 12.3. The highest BCUT2D eigenvalue weighted by Gasteiger charge is 2.11. The highest BCUT2D eigenvalue weighted by molar-refractivity contribution is 6.72. The Morgan fingerprint density at radius 1 is 1.38 bits per heavy atom. The first-order valence-electron chi connectivity index (χ1n) is 6.99. The number of nitrogens with zero attached hydrogens (tertiary/aromatic N) is 1. The van der Waals surface area contributed by atoms with E-state index in [1.54, 1.807) is 19.2 Å². The van der Waals surface area contributed by atoms with E-state index in [-0.39, 0.29) is 23.2 Å². The van der Waals surface area contributed by atoms with E-state index in [1.807, 2.05) is 0 Å². The number of amides is 1.